The molecule has 1 aliphatic rings. The average molecular weight is 1020 g/mol. The highest BCUT2D eigenvalue weighted by Crippen LogP contribution is 2.39. The first-order valence-corrected chi connectivity index (χ1v) is 22.4. The molecule has 19 nitrogen and oxygen atoms in total. The van der Waals surface area contributed by atoms with Gasteiger partial charge in [0.2, 0.25) is 15.9 Å². The number of primary amides is 1. The van der Waals surface area contributed by atoms with Gasteiger partial charge in [0.1, 0.15) is 40.4 Å². The fraction of sp³-hybridized carbons (Fsp3) is 0.439. The molecule has 3 aromatic carbocycles. The summed E-state index contributed by atoms with van der Waals surface area (Å²) in [5.74, 6) is -1.70. The van der Waals surface area contributed by atoms with E-state index in [4.69, 9.17) is 24.7 Å². The van der Waals surface area contributed by atoms with Crippen LogP contribution in [0.15, 0.2) is 71.6 Å². The summed E-state index contributed by atoms with van der Waals surface area (Å²) in [7, 11) is -4.35. The van der Waals surface area contributed by atoms with Crippen molar-refractivity contribution < 1.29 is 70.8 Å². The summed E-state index contributed by atoms with van der Waals surface area (Å²) in [5.41, 5.74) is 6.02. The number of Topliss-reactive ketones (excluding diaryl/α,β-unsaturated/α-hetero) is 1. The summed E-state index contributed by atoms with van der Waals surface area (Å²) in [5, 5.41) is 23.8. The third-order valence-electron chi connectivity index (χ3n) is 9.76. The molecule has 7 N–H and O–H groups in total. The Balaban J connectivity index is 1.09. The normalized spacial score (nSPS) is 13.8. The molecule has 0 saturated heterocycles. The smallest absolute Gasteiger partial charge is 0.416 e. The predicted octanol–water partition coefficient (Wildman–Crippen LogP) is 4.06. The third kappa shape index (κ3) is 16.0. The van der Waals surface area contributed by atoms with E-state index in [-0.39, 0.29) is 101 Å². The maximum absolute atomic E-state index is 14.1. The van der Waals surface area contributed by atoms with Crippen LogP contribution in [-0.4, -0.2) is 117 Å². The van der Waals surface area contributed by atoms with Crippen molar-refractivity contribution in [2.24, 2.45) is 5.73 Å². The van der Waals surface area contributed by atoms with Gasteiger partial charge in [0, 0.05) is 39.0 Å². The van der Waals surface area contributed by atoms with Gasteiger partial charge in [-0.15, -0.1) is 0 Å². The molecule has 0 aromatic heterocycles. The monoisotopic (exact) mass is 1020 g/mol. The maximum atomic E-state index is 14.1. The van der Waals surface area contributed by atoms with E-state index < -0.39 is 51.4 Å². The number of ketones is 1. The van der Waals surface area contributed by atoms with Crippen molar-refractivity contribution in [3.8, 4) is 17.2 Å². The van der Waals surface area contributed by atoms with Crippen LogP contribution < -0.4 is 26.6 Å². The third-order valence-corrected chi connectivity index (χ3v) is 12.6. The fourth-order valence-electron chi connectivity index (χ4n) is 6.58. The Bertz CT molecular complexity index is 2110. The number of nitrogens with one attached hydrogen (secondary N) is 3. The standard InChI is InChI=1S/C41H51FIN5O14S/c42-29-6-8-31(9-7-29)61-32-10-12-33(13-11-32)63(56,57)48(41(38(52)47-55)16-1-2-17-41)19-15-30(49)4-3-20-58-22-24-60-25-23-59-21-18-45-39(53)62-40(54)46-35(37(44)51)27-28-5-14-36(50)34(43)26-28/h5-14,26,35,50,55H,1-4,15-25,27H2,(H2,44,51)(H,45,53)(H,46,54)(H,47,52). The van der Waals surface area contributed by atoms with Crippen LogP contribution in [0.4, 0.5) is 14.0 Å². The van der Waals surface area contributed by atoms with Gasteiger partial charge in [-0.1, -0.05) is 18.9 Å². The lowest BCUT2D eigenvalue weighted by molar-refractivity contribution is -0.139. The minimum absolute atomic E-state index is 0.0105. The lowest BCUT2D eigenvalue weighted by Gasteiger charge is -2.38. The molecule has 0 radical (unpaired) electrons. The van der Waals surface area contributed by atoms with E-state index in [1.165, 1.54) is 54.6 Å². The van der Waals surface area contributed by atoms with E-state index in [1.807, 2.05) is 22.6 Å². The van der Waals surface area contributed by atoms with Crippen molar-refractivity contribution in [3.05, 3.63) is 81.7 Å². The summed E-state index contributed by atoms with van der Waals surface area (Å²) >= 11 is 1.91. The topological polar surface area (TPSA) is 271 Å². The zero-order valence-corrected chi connectivity index (χ0v) is 37.2. The second-order valence-corrected chi connectivity index (χ2v) is 17.2. The van der Waals surface area contributed by atoms with Crippen LogP contribution in [0, 0.1) is 9.39 Å². The van der Waals surface area contributed by atoms with Gasteiger partial charge >= 0.3 is 12.2 Å². The Labute approximate surface area is 377 Å². The number of carbonyl (C=O) groups is 5. The first-order chi connectivity index (χ1) is 30.1. The largest absolute Gasteiger partial charge is 0.507 e. The number of hydroxylamine groups is 1. The number of hydrogen-bond acceptors (Lipinski definition) is 14. The second-order valence-electron chi connectivity index (χ2n) is 14.2. The highest BCUT2D eigenvalue weighted by Gasteiger charge is 2.51. The summed E-state index contributed by atoms with van der Waals surface area (Å²) in [6.45, 7) is 0.895. The van der Waals surface area contributed by atoms with Crippen molar-refractivity contribution in [2.75, 3.05) is 52.7 Å². The molecule has 1 fully saturated rings. The van der Waals surface area contributed by atoms with Gasteiger partial charge < -0.3 is 45.2 Å². The Kier molecular flexibility index (Phi) is 20.4. The van der Waals surface area contributed by atoms with Crippen LogP contribution in [0.1, 0.15) is 50.5 Å². The van der Waals surface area contributed by atoms with Crippen LogP contribution in [0.25, 0.3) is 0 Å². The Morgan fingerprint density at radius 3 is 2.05 bits per heavy atom. The first kappa shape index (κ1) is 50.7. The summed E-state index contributed by atoms with van der Waals surface area (Å²) in [6, 6.07) is 14.2. The van der Waals surface area contributed by atoms with Gasteiger partial charge in [-0.25, -0.2) is 27.9 Å². The van der Waals surface area contributed by atoms with Gasteiger partial charge in [-0.2, -0.15) is 4.31 Å². The number of sulfonamides is 1. The van der Waals surface area contributed by atoms with Crippen molar-refractivity contribution in [2.45, 2.75) is 67.8 Å². The number of benzene rings is 3. The average Bonchev–Trinajstić information content (AvgIpc) is 3.75. The maximum Gasteiger partial charge on any atom is 0.416 e. The number of halogens is 2. The molecule has 22 heteroatoms. The summed E-state index contributed by atoms with van der Waals surface area (Å²) in [4.78, 5) is 61.7. The predicted molar refractivity (Wildman–Crippen MR) is 230 cm³/mol. The quantitative estimate of drug-likeness (QED) is 0.0218. The summed E-state index contributed by atoms with van der Waals surface area (Å²) < 4.78 is 69.6. The number of nitrogens with two attached hydrogens (primary N) is 1. The Morgan fingerprint density at radius 1 is 0.841 bits per heavy atom. The van der Waals surface area contributed by atoms with Gasteiger partial charge in [-0.3, -0.25) is 19.6 Å². The van der Waals surface area contributed by atoms with E-state index in [1.54, 1.807) is 17.6 Å². The first-order valence-electron chi connectivity index (χ1n) is 19.9. The summed E-state index contributed by atoms with van der Waals surface area (Å²) in [6.07, 6.45) is -0.566. The number of phenolic OH excluding ortho intramolecular Hbond substituents is 1. The van der Waals surface area contributed by atoms with Crippen LogP contribution in [0.3, 0.4) is 0 Å². The Hall–Kier alpha value is -4.98. The van der Waals surface area contributed by atoms with Crippen LogP contribution >= 0.6 is 22.6 Å². The minimum atomic E-state index is -4.35. The van der Waals surface area contributed by atoms with Gasteiger partial charge in [0.15, 0.2) is 0 Å². The molecule has 1 saturated carbocycles. The number of aromatic hydroxyl groups is 1. The molecular formula is C41H51FIN5O14S. The molecule has 0 heterocycles. The number of phenols is 1. The molecule has 1 unspecified atom stereocenters. The molecule has 4 rings (SSSR count). The van der Waals surface area contributed by atoms with Gasteiger partial charge in [0.05, 0.1) is 41.5 Å². The van der Waals surface area contributed by atoms with Crippen LogP contribution in [0.5, 0.6) is 17.2 Å². The van der Waals surface area contributed by atoms with Crippen molar-refractivity contribution in [1.82, 2.24) is 20.4 Å². The zero-order valence-electron chi connectivity index (χ0n) is 34.2. The highest BCUT2D eigenvalue weighted by molar-refractivity contribution is 14.1. The van der Waals surface area contributed by atoms with Crippen LogP contribution in [-0.2, 0) is 49.8 Å². The van der Waals surface area contributed by atoms with Crippen molar-refractivity contribution >= 4 is 62.4 Å². The minimum Gasteiger partial charge on any atom is -0.507 e. The fourth-order valence-corrected chi connectivity index (χ4v) is 8.95. The van der Waals surface area contributed by atoms with Gasteiger partial charge in [-0.05, 0) is 108 Å². The van der Waals surface area contributed by atoms with Crippen molar-refractivity contribution in [3.63, 3.8) is 0 Å². The second kappa shape index (κ2) is 25.3. The zero-order chi connectivity index (χ0) is 45.8. The number of amides is 4. The molecule has 344 valence electrons. The highest BCUT2D eigenvalue weighted by atomic mass is 127. The molecule has 1 atom stereocenters. The lowest BCUT2D eigenvalue weighted by Crippen LogP contribution is -2.59. The lowest BCUT2D eigenvalue weighted by atomic mass is 9.96. The number of rotatable bonds is 26. The van der Waals surface area contributed by atoms with E-state index in [2.05, 4.69) is 15.4 Å². The Morgan fingerprint density at radius 2 is 1.44 bits per heavy atom. The number of carbonyl (C=O) groups excluding carboxylic acids is 5. The molecule has 3 aromatic rings. The molecule has 4 amide bonds. The number of ether oxygens (including phenoxy) is 5. The van der Waals surface area contributed by atoms with Crippen LogP contribution in [0.2, 0.25) is 0 Å². The van der Waals surface area contributed by atoms with E-state index in [0.29, 0.717) is 39.9 Å². The molecular weight excluding hydrogens is 964 g/mol. The molecule has 1 aliphatic carbocycles. The molecule has 0 bridgehead atoms. The molecule has 0 aliphatic heterocycles. The number of alkyl carbamates (subject to hydrolysis) is 2. The molecule has 0 spiro atoms. The van der Waals surface area contributed by atoms with E-state index in [0.717, 1.165) is 4.31 Å². The van der Waals surface area contributed by atoms with Crippen molar-refractivity contribution in [1.29, 1.82) is 0 Å². The SMILES string of the molecule is NC(=O)C(Cc1ccc(O)c(I)c1)NC(=O)OC(=O)NCCOCCOCCOCCCC(=O)CCN(C1(C(=O)NO)CCCC1)S(=O)(=O)c1ccc(Oc2ccc(F)cc2)cc1. The van der Waals surface area contributed by atoms with E-state index >= 15 is 0 Å². The van der Waals surface area contributed by atoms with E-state index in [9.17, 15) is 47.1 Å². The number of nitrogens with zero attached hydrogens (tertiary/aromatic N) is 1. The molecule has 63 heavy (non-hydrogen) atoms. The number of hydrogen-bond donors (Lipinski definition) is 6. The van der Waals surface area contributed by atoms with Gasteiger partial charge in [0.25, 0.3) is 5.91 Å².